The average Bonchev–Trinajstić information content (AvgIpc) is 2.70. The molecule has 2 amide bonds. The van der Waals surface area contributed by atoms with Gasteiger partial charge in [0, 0.05) is 56.2 Å². The molecule has 0 spiro atoms. The number of pyridine rings is 1. The van der Waals surface area contributed by atoms with Crippen molar-refractivity contribution in [1.82, 2.24) is 19.7 Å². The Morgan fingerprint density at radius 1 is 1.10 bits per heavy atom. The van der Waals surface area contributed by atoms with E-state index in [1.807, 2.05) is 24.3 Å². The molecule has 0 unspecified atom stereocenters. The van der Waals surface area contributed by atoms with Gasteiger partial charge in [-0.05, 0) is 32.0 Å². The maximum Gasteiger partial charge on any atom is 0.319 e. The number of likely N-dealkylation sites (N-methyl/N-ethyl adjacent to an activating group) is 1. The van der Waals surface area contributed by atoms with E-state index in [4.69, 9.17) is 0 Å². The van der Waals surface area contributed by atoms with Crippen LogP contribution in [0.4, 0.5) is 10.5 Å². The Morgan fingerprint density at radius 2 is 1.79 bits per heavy atom. The molecule has 1 saturated heterocycles. The third kappa shape index (κ3) is 5.81. The Bertz CT molecular complexity index is 884. The molecule has 2 aromatic rings. The molecular formula is C22H33N5O2. The lowest BCUT2D eigenvalue weighted by Crippen LogP contribution is -2.45. The third-order valence-electron chi connectivity index (χ3n) is 5.34. The summed E-state index contributed by atoms with van der Waals surface area (Å²) in [5.74, 6) is 0.338. The van der Waals surface area contributed by atoms with E-state index in [1.165, 1.54) is 0 Å². The van der Waals surface area contributed by atoms with Crippen LogP contribution in [-0.4, -0.2) is 66.7 Å². The van der Waals surface area contributed by atoms with E-state index in [1.54, 1.807) is 10.8 Å². The van der Waals surface area contributed by atoms with Crippen molar-refractivity contribution in [1.29, 1.82) is 0 Å². The molecule has 0 saturated carbocycles. The zero-order chi connectivity index (χ0) is 20.8. The highest BCUT2D eigenvalue weighted by atomic mass is 16.2. The molecule has 0 atom stereocenters. The maximum absolute atomic E-state index is 12.7. The molecule has 1 fully saturated rings. The molecule has 2 heterocycles. The Kier molecular flexibility index (Phi) is 7.28. The fourth-order valence-electron chi connectivity index (χ4n) is 3.71. The fraction of sp³-hybridized carbons (Fsp3) is 0.545. The molecule has 7 heteroatoms. The van der Waals surface area contributed by atoms with Crippen LogP contribution >= 0.6 is 0 Å². The SMILES string of the molecule is CC(C)Cn1cc(NC(=O)NCCCN2CCN(C)CC2)c2ccccc2c1=O. The summed E-state index contributed by atoms with van der Waals surface area (Å²) < 4.78 is 1.69. The third-order valence-corrected chi connectivity index (χ3v) is 5.34. The van der Waals surface area contributed by atoms with E-state index < -0.39 is 0 Å². The van der Waals surface area contributed by atoms with Gasteiger partial charge in [0.1, 0.15) is 0 Å². The largest absolute Gasteiger partial charge is 0.338 e. The minimum atomic E-state index is -0.233. The van der Waals surface area contributed by atoms with Crippen molar-refractivity contribution in [3.63, 3.8) is 0 Å². The van der Waals surface area contributed by atoms with Gasteiger partial charge in [-0.1, -0.05) is 32.0 Å². The van der Waals surface area contributed by atoms with Crippen LogP contribution in [0.25, 0.3) is 10.8 Å². The van der Waals surface area contributed by atoms with Gasteiger partial charge in [-0.2, -0.15) is 0 Å². The van der Waals surface area contributed by atoms with E-state index >= 15 is 0 Å². The van der Waals surface area contributed by atoms with Crippen LogP contribution in [0, 0.1) is 5.92 Å². The van der Waals surface area contributed by atoms with Crippen LogP contribution in [0.15, 0.2) is 35.3 Å². The van der Waals surface area contributed by atoms with E-state index in [0.717, 1.165) is 44.5 Å². The smallest absolute Gasteiger partial charge is 0.319 e. The predicted octanol–water partition coefficient (Wildman–Crippen LogP) is 2.42. The lowest BCUT2D eigenvalue weighted by Gasteiger charge is -2.32. The van der Waals surface area contributed by atoms with Gasteiger partial charge in [-0.25, -0.2) is 4.79 Å². The van der Waals surface area contributed by atoms with Gasteiger partial charge in [0.2, 0.25) is 0 Å². The second-order valence-electron chi connectivity index (χ2n) is 8.32. The lowest BCUT2D eigenvalue weighted by atomic mass is 10.1. The number of urea groups is 1. The van der Waals surface area contributed by atoms with Crippen molar-refractivity contribution in [3.8, 4) is 0 Å². The number of aromatic nitrogens is 1. The van der Waals surface area contributed by atoms with Gasteiger partial charge in [-0.3, -0.25) is 4.79 Å². The van der Waals surface area contributed by atoms with Crippen LogP contribution in [0.3, 0.4) is 0 Å². The van der Waals surface area contributed by atoms with Crippen LogP contribution in [0.5, 0.6) is 0 Å². The quantitative estimate of drug-likeness (QED) is 0.702. The molecule has 7 nitrogen and oxygen atoms in total. The van der Waals surface area contributed by atoms with Crippen molar-refractivity contribution in [3.05, 3.63) is 40.8 Å². The molecule has 3 rings (SSSR count). The summed E-state index contributed by atoms with van der Waals surface area (Å²) in [7, 11) is 2.15. The van der Waals surface area contributed by atoms with Gasteiger partial charge in [0.15, 0.2) is 0 Å². The van der Waals surface area contributed by atoms with Crippen LogP contribution < -0.4 is 16.2 Å². The number of nitrogens with one attached hydrogen (secondary N) is 2. The molecule has 0 aliphatic carbocycles. The molecule has 1 aliphatic heterocycles. The van der Waals surface area contributed by atoms with Gasteiger partial charge < -0.3 is 25.0 Å². The van der Waals surface area contributed by atoms with Crippen LogP contribution in [-0.2, 0) is 6.54 Å². The van der Waals surface area contributed by atoms with Gasteiger partial charge >= 0.3 is 6.03 Å². The summed E-state index contributed by atoms with van der Waals surface area (Å²) in [6.07, 6.45) is 2.68. The number of hydrogen-bond acceptors (Lipinski definition) is 4. The Labute approximate surface area is 172 Å². The van der Waals surface area contributed by atoms with E-state index in [2.05, 4.69) is 41.3 Å². The zero-order valence-electron chi connectivity index (χ0n) is 17.8. The monoisotopic (exact) mass is 399 g/mol. The first-order chi connectivity index (χ1) is 13.9. The molecule has 158 valence electrons. The van der Waals surface area contributed by atoms with Gasteiger partial charge in [0.05, 0.1) is 5.69 Å². The molecular weight excluding hydrogens is 366 g/mol. The standard InChI is InChI=1S/C22H33N5O2/c1-17(2)15-27-16-20(18-7-4-5-8-19(18)21(27)28)24-22(29)23-9-6-10-26-13-11-25(3)12-14-26/h4-5,7-8,16-17H,6,9-15H2,1-3H3,(H2,23,24,29). The molecule has 1 aliphatic rings. The number of rotatable bonds is 7. The van der Waals surface area contributed by atoms with Crippen molar-refractivity contribution in [2.45, 2.75) is 26.8 Å². The minimum absolute atomic E-state index is 0.0209. The van der Waals surface area contributed by atoms with E-state index in [9.17, 15) is 9.59 Å². The number of amides is 2. The molecule has 2 N–H and O–H groups in total. The Hall–Kier alpha value is -2.38. The van der Waals surface area contributed by atoms with Crippen molar-refractivity contribution in [2.24, 2.45) is 5.92 Å². The van der Waals surface area contributed by atoms with Gasteiger partial charge in [0.25, 0.3) is 5.56 Å². The zero-order valence-corrected chi connectivity index (χ0v) is 17.8. The predicted molar refractivity (Wildman–Crippen MR) is 119 cm³/mol. The lowest BCUT2D eigenvalue weighted by molar-refractivity contribution is 0.153. The Morgan fingerprint density at radius 3 is 2.48 bits per heavy atom. The summed E-state index contributed by atoms with van der Waals surface area (Å²) >= 11 is 0. The summed E-state index contributed by atoms with van der Waals surface area (Å²) in [5, 5.41) is 7.28. The Balaban J connectivity index is 1.59. The molecule has 1 aromatic carbocycles. The summed E-state index contributed by atoms with van der Waals surface area (Å²) in [4.78, 5) is 29.9. The second kappa shape index (κ2) is 9.89. The fourth-order valence-corrected chi connectivity index (χ4v) is 3.71. The van der Waals surface area contributed by atoms with Gasteiger partial charge in [-0.15, -0.1) is 0 Å². The normalized spacial score (nSPS) is 15.7. The number of fused-ring (bicyclic) bond motifs is 1. The maximum atomic E-state index is 12.7. The second-order valence-corrected chi connectivity index (χ2v) is 8.32. The average molecular weight is 400 g/mol. The summed E-state index contributed by atoms with van der Waals surface area (Å²) in [5.41, 5.74) is 0.643. The van der Waals surface area contributed by atoms with Crippen LogP contribution in [0.1, 0.15) is 20.3 Å². The number of carbonyl (C=O) groups excluding carboxylic acids is 1. The summed E-state index contributed by atoms with van der Waals surface area (Å²) in [6, 6.07) is 7.19. The first-order valence-corrected chi connectivity index (χ1v) is 10.5. The van der Waals surface area contributed by atoms with E-state index in [0.29, 0.717) is 30.1 Å². The highest BCUT2D eigenvalue weighted by Crippen LogP contribution is 2.20. The first kappa shape index (κ1) is 21.3. The molecule has 0 radical (unpaired) electrons. The van der Waals surface area contributed by atoms with Crippen molar-refractivity contribution >= 4 is 22.5 Å². The first-order valence-electron chi connectivity index (χ1n) is 10.5. The molecule has 29 heavy (non-hydrogen) atoms. The number of benzene rings is 1. The molecule has 1 aromatic heterocycles. The topological polar surface area (TPSA) is 69.6 Å². The van der Waals surface area contributed by atoms with E-state index in [-0.39, 0.29) is 11.6 Å². The van der Waals surface area contributed by atoms with Crippen LogP contribution in [0.2, 0.25) is 0 Å². The summed E-state index contributed by atoms with van der Waals surface area (Å²) in [6.45, 7) is 10.8. The number of anilines is 1. The highest BCUT2D eigenvalue weighted by molar-refractivity contribution is 6.00. The highest BCUT2D eigenvalue weighted by Gasteiger charge is 2.14. The molecule has 0 bridgehead atoms. The number of carbonyl (C=O) groups is 1. The number of piperazine rings is 1. The van der Waals surface area contributed by atoms with Crippen molar-refractivity contribution < 1.29 is 4.79 Å². The number of nitrogens with zero attached hydrogens (tertiary/aromatic N) is 3. The minimum Gasteiger partial charge on any atom is -0.338 e. The van der Waals surface area contributed by atoms with Crippen molar-refractivity contribution in [2.75, 3.05) is 51.6 Å². The number of hydrogen-bond donors (Lipinski definition) is 2.